The average Bonchev–Trinajstić information content (AvgIpc) is 3.05. The molecule has 0 radical (unpaired) electrons. The van der Waals surface area contributed by atoms with E-state index in [4.69, 9.17) is 4.74 Å². The first-order valence-electron chi connectivity index (χ1n) is 11.0. The molecule has 1 atom stereocenters. The number of amides is 2. The van der Waals surface area contributed by atoms with Gasteiger partial charge in [-0.2, -0.15) is 0 Å². The number of piperidine rings is 1. The number of quaternary nitrogens is 1. The number of carbonyl (C=O) groups excluding carboxylic acids is 2. The lowest BCUT2D eigenvalue weighted by Crippen LogP contribution is -3.17. The second-order valence-corrected chi connectivity index (χ2v) is 8.54. The van der Waals surface area contributed by atoms with E-state index in [9.17, 15) is 9.59 Å². The number of benzene rings is 2. The van der Waals surface area contributed by atoms with E-state index in [0.29, 0.717) is 24.6 Å². The lowest BCUT2D eigenvalue weighted by molar-refractivity contribution is -0.920. The molecule has 2 saturated heterocycles. The molecule has 2 heterocycles. The van der Waals surface area contributed by atoms with Crippen LogP contribution in [0.2, 0.25) is 0 Å². The number of likely N-dealkylation sites (tertiary alicyclic amines) is 1. The zero-order valence-corrected chi connectivity index (χ0v) is 17.9. The van der Waals surface area contributed by atoms with Crippen LogP contribution in [0.4, 0.5) is 5.69 Å². The van der Waals surface area contributed by atoms with E-state index in [1.165, 1.54) is 15.4 Å². The van der Waals surface area contributed by atoms with Gasteiger partial charge in [-0.05, 0) is 68.9 Å². The molecular weight excluding hydrogens is 376 g/mol. The van der Waals surface area contributed by atoms with Crippen molar-refractivity contribution in [3.8, 4) is 5.75 Å². The van der Waals surface area contributed by atoms with Gasteiger partial charge in [-0.1, -0.05) is 29.8 Å². The third-order valence-electron chi connectivity index (χ3n) is 6.44. The summed E-state index contributed by atoms with van der Waals surface area (Å²) in [7, 11) is 0. The van der Waals surface area contributed by atoms with Gasteiger partial charge in [0.05, 0.1) is 31.8 Å². The first-order valence-corrected chi connectivity index (χ1v) is 11.0. The molecule has 0 bridgehead atoms. The van der Waals surface area contributed by atoms with Crippen LogP contribution in [0, 0.1) is 12.8 Å². The molecular formula is C25H31N2O3+. The Morgan fingerprint density at radius 3 is 2.30 bits per heavy atom. The van der Waals surface area contributed by atoms with Crippen molar-refractivity contribution in [1.82, 2.24) is 0 Å². The lowest BCUT2D eigenvalue weighted by atomic mass is 9.89. The Balaban J connectivity index is 1.33. The Labute approximate surface area is 178 Å². The minimum absolute atomic E-state index is 0.0381. The molecule has 30 heavy (non-hydrogen) atoms. The van der Waals surface area contributed by atoms with E-state index in [0.717, 1.165) is 43.7 Å². The van der Waals surface area contributed by atoms with Crippen LogP contribution < -0.4 is 14.5 Å². The number of carbonyl (C=O) groups is 2. The van der Waals surface area contributed by atoms with Crippen molar-refractivity contribution in [3.05, 3.63) is 59.7 Å². The van der Waals surface area contributed by atoms with Crippen LogP contribution in [0.1, 0.15) is 37.3 Å². The van der Waals surface area contributed by atoms with Crippen molar-refractivity contribution in [3.63, 3.8) is 0 Å². The molecule has 2 aliphatic rings. The molecule has 2 amide bonds. The number of nitrogens with one attached hydrogen (secondary N) is 1. The van der Waals surface area contributed by atoms with Crippen molar-refractivity contribution in [1.29, 1.82) is 0 Å². The maximum Gasteiger partial charge on any atom is 0.292 e. The largest absolute Gasteiger partial charge is 0.494 e. The van der Waals surface area contributed by atoms with Crippen LogP contribution >= 0.6 is 0 Å². The van der Waals surface area contributed by atoms with Crippen LogP contribution in [0.25, 0.3) is 0 Å². The fraction of sp³-hybridized carbons (Fsp3) is 0.440. The first kappa shape index (κ1) is 20.6. The van der Waals surface area contributed by atoms with Gasteiger partial charge >= 0.3 is 0 Å². The Kier molecular flexibility index (Phi) is 6.18. The van der Waals surface area contributed by atoms with Crippen molar-refractivity contribution < 1.29 is 19.2 Å². The monoisotopic (exact) mass is 407 g/mol. The molecule has 0 aromatic heterocycles. The van der Waals surface area contributed by atoms with E-state index in [2.05, 4.69) is 12.1 Å². The topological polar surface area (TPSA) is 51.1 Å². The second kappa shape index (κ2) is 9.00. The minimum Gasteiger partial charge on any atom is -0.494 e. The molecule has 0 spiro atoms. The van der Waals surface area contributed by atoms with Gasteiger partial charge in [-0.3, -0.25) is 9.59 Å². The Bertz CT molecular complexity index is 884. The van der Waals surface area contributed by atoms with E-state index in [1.54, 1.807) is 0 Å². The Morgan fingerprint density at radius 2 is 1.67 bits per heavy atom. The van der Waals surface area contributed by atoms with Crippen LogP contribution in [-0.4, -0.2) is 37.6 Å². The van der Waals surface area contributed by atoms with Gasteiger partial charge < -0.3 is 9.64 Å². The lowest BCUT2D eigenvalue weighted by Gasteiger charge is -2.32. The predicted molar refractivity (Wildman–Crippen MR) is 117 cm³/mol. The summed E-state index contributed by atoms with van der Waals surface area (Å²) in [5.41, 5.74) is 3.15. The quantitative estimate of drug-likeness (QED) is 0.749. The van der Waals surface area contributed by atoms with E-state index < -0.39 is 0 Å². The molecule has 5 nitrogen and oxygen atoms in total. The van der Waals surface area contributed by atoms with Crippen molar-refractivity contribution >= 4 is 17.5 Å². The van der Waals surface area contributed by atoms with Crippen molar-refractivity contribution in [2.45, 2.75) is 45.6 Å². The van der Waals surface area contributed by atoms with Gasteiger partial charge in [-0.25, -0.2) is 4.90 Å². The maximum absolute atomic E-state index is 13.0. The second-order valence-electron chi connectivity index (χ2n) is 8.54. The van der Waals surface area contributed by atoms with Gasteiger partial charge in [0.15, 0.2) is 6.04 Å². The zero-order chi connectivity index (χ0) is 21.1. The summed E-state index contributed by atoms with van der Waals surface area (Å²) in [5, 5.41) is 0. The molecule has 158 valence electrons. The highest BCUT2D eigenvalue weighted by atomic mass is 16.5. The predicted octanol–water partition coefficient (Wildman–Crippen LogP) is 2.56. The minimum atomic E-state index is -0.231. The average molecular weight is 408 g/mol. The molecule has 0 saturated carbocycles. The third-order valence-corrected chi connectivity index (χ3v) is 6.44. The fourth-order valence-corrected chi connectivity index (χ4v) is 4.74. The maximum atomic E-state index is 13.0. The van der Waals surface area contributed by atoms with Gasteiger partial charge in [0.1, 0.15) is 5.75 Å². The Hall–Kier alpha value is -2.66. The SMILES string of the molecule is CCOc1ccc(CC2CC[NH+]([C@@H]3CC(=O)N(c4ccc(C)cc4)C3=O)CC2)cc1. The van der Waals surface area contributed by atoms with Crippen LogP contribution in [0.15, 0.2) is 48.5 Å². The highest BCUT2D eigenvalue weighted by molar-refractivity contribution is 6.21. The normalized spacial score (nSPS) is 24.3. The Morgan fingerprint density at radius 1 is 1.00 bits per heavy atom. The summed E-state index contributed by atoms with van der Waals surface area (Å²) in [6.07, 6.45) is 3.56. The van der Waals surface area contributed by atoms with Gasteiger partial charge in [-0.15, -0.1) is 0 Å². The highest BCUT2D eigenvalue weighted by Gasteiger charge is 2.46. The molecule has 5 heteroatoms. The molecule has 2 aromatic carbocycles. The van der Waals surface area contributed by atoms with Crippen LogP contribution in [0.5, 0.6) is 5.75 Å². The zero-order valence-electron chi connectivity index (χ0n) is 17.9. The summed E-state index contributed by atoms with van der Waals surface area (Å²) in [6.45, 7) is 6.58. The molecule has 0 aliphatic carbocycles. The summed E-state index contributed by atoms with van der Waals surface area (Å²) >= 11 is 0. The molecule has 2 aliphatic heterocycles. The van der Waals surface area contributed by atoms with Gasteiger partial charge in [0, 0.05) is 0 Å². The van der Waals surface area contributed by atoms with Crippen LogP contribution in [-0.2, 0) is 16.0 Å². The van der Waals surface area contributed by atoms with E-state index in [1.807, 2.05) is 50.2 Å². The van der Waals surface area contributed by atoms with Gasteiger partial charge in [0.2, 0.25) is 5.91 Å². The van der Waals surface area contributed by atoms with Crippen LogP contribution in [0.3, 0.4) is 0 Å². The number of imide groups is 1. The van der Waals surface area contributed by atoms with E-state index >= 15 is 0 Å². The summed E-state index contributed by atoms with van der Waals surface area (Å²) in [4.78, 5) is 28.3. The number of aryl methyl sites for hydroxylation is 1. The first-order chi connectivity index (χ1) is 14.5. The summed E-state index contributed by atoms with van der Waals surface area (Å²) < 4.78 is 5.52. The summed E-state index contributed by atoms with van der Waals surface area (Å²) in [5.74, 6) is 1.44. The number of hydrogen-bond acceptors (Lipinski definition) is 3. The fourth-order valence-electron chi connectivity index (χ4n) is 4.74. The molecule has 2 aromatic rings. The summed E-state index contributed by atoms with van der Waals surface area (Å²) in [6, 6.07) is 15.8. The number of anilines is 1. The molecule has 1 N–H and O–H groups in total. The molecule has 0 unspecified atom stereocenters. The van der Waals surface area contributed by atoms with E-state index in [-0.39, 0.29) is 17.9 Å². The third kappa shape index (κ3) is 4.41. The molecule has 4 rings (SSSR count). The smallest absolute Gasteiger partial charge is 0.292 e. The number of nitrogens with zero attached hydrogens (tertiary/aromatic N) is 1. The van der Waals surface area contributed by atoms with Crippen molar-refractivity contribution in [2.24, 2.45) is 5.92 Å². The highest BCUT2D eigenvalue weighted by Crippen LogP contribution is 2.24. The number of ether oxygens (including phenoxy) is 1. The number of rotatable bonds is 6. The van der Waals surface area contributed by atoms with Crippen molar-refractivity contribution in [2.75, 3.05) is 24.6 Å². The standard InChI is InChI=1S/C25H30N2O3/c1-3-30-22-10-6-19(7-11-22)16-20-12-14-26(15-13-20)23-17-24(28)27(25(23)29)21-8-4-18(2)5-9-21/h4-11,20,23H,3,12-17H2,1-2H3/p+1/t23-/m1/s1. The molecule has 2 fully saturated rings. The van der Waals surface area contributed by atoms with Gasteiger partial charge in [0.25, 0.3) is 5.91 Å². The number of hydrogen-bond donors (Lipinski definition) is 1.